The van der Waals surface area contributed by atoms with Crippen LogP contribution in [0.25, 0.3) is 16.7 Å². The van der Waals surface area contributed by atoms with Crippen LogP contribution in [0.4, 0.5) is 0 Å². The zero-order valence-electron chi connectivity index (χ0n) is 21.2. The van der Waals surface area contributed by atoms with E-state index in [0.717, 1.165) is 27.8 Å². The molecule has 0 aliphatic carbocycles. The summed E-state index contributed by atoms with van der Waals surface area (Å²) >= 11 is 0. The van der Waals surface area contributed by atoms with Crippen LogP contribution in [0.3, 0.4) is 0 Å². The summed E-state index contributed by atoms with van der Waals surface area (Å²) in [5.41, 5.74) is 3.45. The summed E-state index contributed by atoms with van der Waals surface area (Å²) in [5, 5.41) is 12.5. The van der Waals surface area contributed by atoms with Crippen molar-refractivity contribution in [2.45, 2.75) is 39.2 Å². The molecule has 7 heteroatoms. The minimum Gasteiger partial charge on any atom is -0.507 e. The van der Waals surface area contributed by atoms with Gasteiger partial charge >= 0.3 is 0 Å². The molecule has 1 aliphatic rings. The van der Waals surface area contributed by atoms with Crippen LogP contribution in [0.2, 0.25) is 0 Å². The van der Waals surface area contributed by atoms with E-state index in [0.29, 0.717) is 24.4 Å². The highest BCUT2D eigenvalue weighted by atomic mass is 16.5. The fourth-order valence-electron chi connectivity index (χ4n) is 5.02. The van der Waals surface area contributed by atoms with Gasteiger partial charge in [0.25, 0.3) is 11.7 Å². The summed E-state index contributed by atoms with van der Waals surface area (Å²) in [6.07, 6.45) is 3.97. The van der Waals surface area contributed by atoms with Gasteiger partial charge in [-0.2, -0.15) is 0 Å². The summed E-state index contributed by atoms with van der Waals surface area (Å²) in [7, 11) is 0. The number of furan rings is 1. The van der Waals surface area contributed by atoms with Gasteiger partial charge in [-0.1, -0.05) is 32.0 Å². The highest BCUT2D eigenvalue weighted by Crippen LogP contribution is 2.40. The third kappa shape index (κ3) is 4.42. The molecule has 190 valence electrons. The summed E-state index contributed by atoms with van der Waals surface area (Å²) < 4.78 is 11.4. The molecule has 1 aliphatic heterocycles. The van der Waals surface area contributed by atoms with Crippen molar-refractivity contribution in [1.82, 2.24) is 9.88 Å². The monoisotopic (exact) mass is 498 g/mol. The number of likely N-dealkylation sites (tertiary alicyclic amines) is 1. The molecule has 4 aromatic rings. The largest absolute Gasteiger partial charge is 0.507 e. The number of nitrogens with one attached hydrogen (secondary N) is 1. The number of fused-ring (bicyclic) bond motifs is 1. The third-order valence-electron chi connectivity index (χ3n) is 6.85. The maximum atomic E-state index is 13.3. The van der Waals surface area contributed by atoms with E-state index < -0.39 is 17.7 Å². The molecule has 1 atom stereocenters. The summed E-state index contributed by atoms with van der Waals surface area (Å²) in [6.45, 7) is 6.79. The van der Waals surface area contributed by atoms with E-state index in [1.165, 1.54) is 11.2 Å². The molecular formula is C30H30N2O5. The smallest absolute Gasteiger partial charge is 0.295 e. The molecule has 2 aromatic heterocycles. The van der Waals surface area contributed by atoms with Crippen LogP contribution in [0.1, 0.15) is 55.2 Å². The number of benzene rings is 2. The van der Waals surface area contributed by atoms with Gasteiger partial charge in [0.15, 0.2) is 0 Å². The molecule has 0 bridgehead atoms. The molecule has 1 fully saturated rings. The summed E-state index contributed by atoms with van der Waals surface area (Å²) in [6, 6.07) is 15.9. The number of aromatic amines is 1. The molecule has 7 nitrogen and oxygen atoms in total. The normalized spacial score (nSPS) is 17.3. The number of Topliss-reactive ketones (excluding diaryl/α,β-unsaturated/α-hetero) is 1. The number of rotatable bonds is 8. The lowest BCUT2D eigenvalue weighted by atomic mass is 9.95. The number of aromatic nitrogens is 1. The number of hydrogen-bond donors (Lipinski definition) is 2. The van der Waals surface area contributed by atoms with Gasteiger partial charge < -0.3 is 24.1 Å². The Morgan fingerprint density at radius 1 is 1.14 bits per heavy atom. The quantitative estimate of drug-likeness (QED) is 0.178. The van der Waals surface area contributed by atoms with Crippen LogP contribution in [0.5, 0.6) is 5.75 Å². The number of aliphatic hydroxyl groups is 1. The molecule has 37 heavy (non-hydrogen) atoms. The summed E-state index contributed by atoms with van der Waals surface area (Å²) in [4.78, 5) is 31.3. The molecule has 5 rings (SSSR count). The Kier molecular flexibility index (Phi) is 6.61. The van der Waals surface area contributed by atoms with Crippen molar-refractivity contribution in [1.29, 1.82) is 0 Å². The lowest BCUT2D eigenvalue weighted by Crippen LogP contribution is -2.31. The van der Waals surface area contributed by atoms with Crippen LogP contribution in [-0.4, -0.2) is 39.8 Å². The Hall–Kier alpha value is -4.26. The number of carbonyl (C=O) groups excluding carboxylic acids is 2. The first kappa shape index (κ1) is 24.4. The number of ether oxygens (including phenoxy) is 1. The van der Waals surface area contributed by atoms with Crippen LogP contribution < -0.4 is 4.74 Å². The van der Waals surface area contributed by atoms with Crippen molar-refractivity contribution in [3.63, 3.8) is 0 Å². The Morgan fingerprint density at radius 3 is 2.68 bits per heavy atom. The van der Waals surface area contributed by atoms with Crippen molar-refractivity contribution < 1.29 is 23.8 Å². The van der Waals surface area contributed by atoms with Crippen LogP contribution in [-0.2, 0) is 16.0 Å². The minimum absolute atomic E-state index is 0.0257. The number of H-pyrrole nitrogens is 1. The van der Waals surface area contributed by atoms with E-state index in [4.69, 9.17) is 9.15 Å². The highest BCUT2D eigenvalue weighted by Gasteiger charge is 2.47. The van der Waals surface area contributed by atoms with E-state index >= 15 is 0 Å². The molecule has 2 aromatic carbocycles. The summed E-state index contributed by atoms with van der Waals surface area (Å²) in [5.74, 6) is -0.311. The molecule has 2 N–H and O–H groups in total. The Bertz CT molecular complexity index is 1480. The van der Waals surface area contributed by atoms with Gasteiger partial charge in [0.05, 0.1) is 18.4 Å². The number of ketones is 1. The van der Waals surface area contributed by atoms with E-state index in [-0.39, 0.29) is 23.8 Å². The fourth-order valence-corrected chi connectivity index (χ4v) is 5.02. The van der Waals surface area contributed by atoms with Gasteiger partial charge in [0.2, 0.25) is 0 Å². The number of aliphatic hydroxyl groups excluding tert-OH is 1. The van der Waals surface area contributed by atoms with Crippen molar-refractivity contribution >= 4 is 28.4 Å². The topological polar surface area (TPSA) is 95.8 Å². The van der Waals surface area contributed by atoms with Gasteiger partial charge in [-0.05, 0) is 66.8 Å². The zero-order valence-corrected chi connectivity index (χ0v) is 21.2. The number of carbonyl (C=O) groups is 2. The fraction of sp³-hybridized carbons (Fsp3) is 0.267. The Balaban J connectivity index is 1.54. The second-order valence-corrected chi connectivity index (χ2v) is 9.46. The molecule has 1 saturated heterocycles. The van der Waals surface area contributed by atoms with Crippen LogP contribution in [0.15, 0.2) is 77.0 Å². The van der Waals surface area contributed by atoms with Crippen molar-refractivity contribution in [2.24, 2.45) is 0 Å². The molecule has 0 radical (unpaired) electrons. The van der Waals surface area contributed by atoms with Gasteiger partial charge in [-0.25, -0.2) is 0 Å². The van der Waals surface area contributed by atoms with Crippen molar-refractivity contribution in [2.75, 3.05) is 13.2 Å². The number of amides is 1. The number of hydrogen-bond acceptors (Lipinski definition) is 5. The van der Waals surface area contributed by atoms with Gasteiger partial charge in [0.1, 0.15) is 23.3 Å². The number of nitrogens with zero attached hydrogens (tertiary/aromatic N) is 1. The van der Waals surface area contributed by atoms with E-state index in [2.05, 4.69) is 4.98 Å². The average Bonchev–Trinajstić information content (AvgIpc) is 3.62. The molecule has 3 heterocycles. The maximum absolute atomic E-state index is 13.3. The molecule has 1 amide bonds. The zero-order chi connectivity index (χ0) is 26.1. The minimum atomic E-state index is -0.825. The van der Waals surface area contributed by atoms with E-state index in [1.807, 2.05) is 57.3 Å². The first-order chi connectivity index (χ1) is 17.9. The molecule has 1 unspecified atom stereocenters. The standard InChI is InChI=1S/C30H30N2O5/c1-4-36-24-12-11-19(16-22(24)18(2)3)28(33)26-27(25-10-7-15-37-25)32(30(35)29(26)34)14-13-20-17-31-23-9-6-5-8-21(20)23/h5-12,15-18,27,31,33H,4,13-14H2,1-3H3/b28-26-. The van der Waals surface area contributed by atoms with Crippen molar-refractivity contribution in [3.05, 3.63) is 95.1 Å². The first-order valence-corrected chi connectivity index (χ1v) is 12.5. The second-order valence-electron chi connectivity index (χ2n) is 9.46. The van der Waals surface area contributed by atoms with Gasteiger partial charge in [-0.15, -0.1) is 0 Å². The molecule has 0 spiro atoms. The second kappa shape index (κ2) is 10.0. The van der Waals surface area contributed by atoms with Crippen LogP contribution >= 0.6 is 0 Å². The van der Waals surface area contributed by atoms with Crippen LogP contribution in [0, 0.1) is 0 Å². The molecular weight excluding hydrogens is 468 g/mol. The highest BCUT2D eigenvalue weighted by molar-refractivity contribution is 6.46. The van der Waals surface area contributed by atoms with Crippen molar-refractivity contribution in [3.8, 4) is 5.75 Å². The lowest BCUT2D eigenvalue weighted by molar-refractivity contribution is -0.140. The molecule has 0 saturated carbocycles. The van der Waals surface area contributed by atoms with Gasteiger partial charge in [-0.3, -0.25) is 9.59 Å². The Morgan fingerprint density at radius 2 is 1.95 bits per heavy atom. The average molecular weight is 499 g/mol. The van der Waals surface area contributed by atoms with Gasteiger partial charge in [0, 0.05) is 29.2 Å². The third-order valence-corrected chi connectivity index (χ3v) is 6.85. The number of para-hydroxylation sites is 1. The Labute approximate surface area is 215 Å². The lowest BCUT2D eigenvalue weighted by Gasteiger charge is -2.23. The SMILES string of the molecule is CCOc1ccc(/C(O)=C2/C(=O)C(=O)N(CCc3c[nH]c4ccccc34)C2c2ccco2)cc1C(C)C. The predicted octanol–water partition coefficient (Wildman–Crippen LogP) is 5.95. The first-order valence-electron chi connectivity index (χ1n) is 12.5. The van der Waals surface area contributed by atoms with E-state index in [1.54, 1.807) is 24.3 Å². The predicted molar refractivity (Wildman–Crippen MR) is 141 cm³/mol. The maximum Gasteiger partial charge on any atom is 0.295 e. The van der Waals surface area contributed by atoms with E-state index in [9.17, 15) is 14.7 Å².